The van der Waals surface area contributed by atoms with Crippen LogP contribution in [0.15, 0.2) is 48.5 Å². The number of aromatic nitrogens is 4. The first kappa shape index (κ1) is 24.0. The van der Waals surface area contributed by atoms with Gasteiger partial charge in [0.25, 0.3) is 0 Å². The molecule has 0 amide bonds. The van der Waals surface area contributed by atoms with Crippen LogP contribution >= 0.6 is 23.2 Å². The highest BCUT2D eigenvalue weighted by atomic mass is 35.5. The molecule has 182 valence electrons. The highest BCUT2D eigenvalue weighted by Gasteiger charge is 2.29. The number of hydrogen-bond acceptors (Lipinski definition) is 5. The average molecular weight is 510 g/mol. The molecule has 35 heavy (non-hydrogen) atoms. The number of aliphatic hydroxyl groups is 1. The minimum atomic E-state index is 0.168. The second kappa shape index (κ2) is 10.5. The Labute approximate surface area is 215 Å². The molecule has 0 radical (unpaired) electrons. The average Bonchev–Trinajstić information content (AvgIpc) is 3.15. The summed E-state index contributed by atoms with van der Waals surface area (Å²) >= 11 is 12.5. The van der Waals surface area contributed by atoms with E-state index in [9.17, 15) is 5.11 Å². The maximum atomic E-state index is 9.45. The molecule has 5 rings (SSSR count). The number of hydrogen-bond donors (Lipinski definition) is 2. The predicted octanol–water partition coefficient (Wildman–Crippen LogP) is 6.51. The molecule has 1 saturated carbocycles. The molecule has 2 aromatic heterocycles. The van der Waals surface area contributed by atoms with Crippen molar-refractivity contribution < 1.29 is 5.11 Å². The zero-order chi connectivity index (χ0) is 24.4. The van der Waals surface area contributed by atoms with Gasteiger partial charge in [-0.05, 0) is 73.9 Å². The van der Waals surface area contributed by atoms with E-state index in [1.54, 1.807) is 0 Å². The SMILES string of the molecule is Cc1cccc(-c2nc3nc(Cl)nc(N[C@H](CCCO)C4CCC4)c3n2Cc2ccc(Cl)cc2)c1. The second-order valence-electron chi connectivity index (χ2n) is 9.34. The quantitative estimate of drug-likeness (QED) is 0.251. The van der Waals surface area contributed by atoms with Gasteiger partial charge in [-0.2, -0.15) is 9.97 Å². The zero-order valence-corrected chi connectivity index (χ0v) is 21.2. The summed E-state index contributed by atoms with van der Waals surface area (Å²) in [5.74, 6) is 2.07. The van der Waals surface area contributed by atoms with Gasteiger partial charge in [-0.3, -0.25) is 0 Å². The van der Waals surface area contributed by atoms with Crippen molar-refractivity contribution in [3.63, 3.8) is 0 Å². The molecule has 1 aliphatic rings. The molecule has 0 spiro atoms. The summed E-state index contributed by atoms with van der Waals surface area (Å²) in [4.78, 5) is 14.0. The molecule has 0 bridgehead atoms. The number of anilines is 1. The van der Waals surface area contributed by atoms with Crippen LogP contribution in [0, 0.1) is 12.8 Å². The normalized spacial score (nSPS) is 14.7. The second-order valence-corrected chi connectivity index (χ2v) is 10.1. The number of aliphatic hydroxyl groups excluding tert-OH is 1. The molecule has 2 heterocycles. The molecule has 4 aromatic rings. The smallest absolute Gasteiger partial charge is 0.226 e. The van der Waals surface area contributed by atoms with E-state index in [2.05, 4.69) is 45.0 Å². The van der Waals surface area contributed by atoms with Crippen LogP contribution in [-0.4, -0.2) is 37.3 Å². The molecular weight excluding hydrogens is 481 g/mol. The molecular formula is C27H29Cl2N5O. The van der Waals surface area contributed by atoms with Crippen molar-refractivity contribution in [1.82, 2.24) is 19.5 Å². The lowest BCUT2D eigenvalue weighted by atomic mass is 9.78. The van der Waals surface area contributed by atoms with Crippen molar-refractivity contribution in [2.24, 2.45) is 5.92 Å². The minimum Gasteiger partial charge on any atom is -0.396 e. The van der Waals surface area contributed by atoms with E-state index >= 15 is 0 Å². The molecule has 0 saturated heterocycles. The Morgan fingerprint density at radius 1 is 1.09 bits per heavy atom. The Hall–Kier alpha value is -2.67. The number of halogens is 2. The molecule has 8 heteroatoms. The van der Waals surface area contributed by atoms with Crippen molar-refractivity contribution >= 4 is 40.2 Å². The minimum absolute atomic E-state index is 0.168. The van der Waals surface area contributed by atoms with Crippen molar-refractivity contribution in [3.8, 4) is 11.4 Å². The van der Waals surface area contributed by atoms with Crippen LogP contribution < -0.4 is 5.32 Å². The summed E-state index contributed by atoms with van der Waals surface area (Å²) in [5, 5.41) is 14.0. The molecule has 0 aliphatic heterocycles. The van der Waals surface area contributed by atoms with Gasteiger partial charge in [-0.15, -0.1) is 0 Å². The van der Waals surface area contributed by atoms with Gasteiger partial charge in [-0.1, -0.05) is 53.9 Å². The summed E-state index contributed by atoms with van der Waals surface area (Å²) in [5.41, 5.74) is 4.65. The highest BCUT2D eigenvalue weighted by Crippen LogP contribution is 2.36. The van der Waals surface area contributed by atoms with Gasteiger partial charge in [-0.25, -0.2) is 4.98 Å². The first-order chi connectivity index (χ1) is 17.0. The Balaban J connectivity index is 1.65. The van der Waals surface area contributed by atoms with Crippen LogP contribution in [0.2, 0.25) is 10.3 Å². The topological polar surface area (TPSA) is 75.9 Å². The largest absolute Gasteiger partial charge is 0.396 e. The molecule has 2 aromatic carbocycles. The monoisotopic (exact) mass is 509 g/mol. The highest BCUT2D eigenvalue weighted by molar-refractivity contribution is 6.30. The first-order valence-corrected chi connectivity index (χ1v) is 12.9. The third-order valence-corrected chi connectivity index (χ3v) is 7.24. The lowest BCUT2D eigenvalue weighted by Crippen LogP contribution is -2.34. The number of fused-ring (bicyclic) bond motifs is 1. The van der Waals surface area contributed by atoms with Gasteiger partial charge < -0.3 is 15.0 Å². The Kier molecular flexibility index (Phi) is 7.23. The van der Waals surface area contributed by atoms with Crippen molar-refractivity contribution in [1.29, 1.82) is 0 Å². The third-order valence-electron chi connectivity index (χ3n) is 6.82. The summed E-state index contributed by atoms with van der Waals surface area (Å²) in [7, 11) is 0. The number of nitrogens with zero attached hydrogens (tertiary/aromatic N) is 4. The van der Waals surface area contributed by atoms with Gasteiger partial charge >= 0.3 is 0 Å². The van der Waals surface area contributed by atoms with E-state index in [0.29, 0.717) is 29.0 Å². The van der Waals surface area contributed by atoms with Crippen molar-refractivity contribution in [3.05, 3.63) is 70.0 Å². The fraction of sp³-hybridized carbons (Fsp3) is 0.370. The lowest BCUT2D eigenvalue weighted by molar-refractivity contribution is 0.236. The van der Waals surface area contributed by atoms with Gasteiger partial charge in [0.2, 0.25) is 5.28 Å². The van der Waals surface area contributed by atoms with Crippen LogP contribution in [0.5, 0.6) is 0 Å². The maximum absolute atomic E-state index is 9.45. The zero-order valence-electron chi connectivity index (χ0n) is 19.7. The molecule has 0 unspecified atom stereocenters. The van der Waals surface area contributed by atoms with E-state index in [0.717, 1.165) is 40.9 Å². The van der Waals surface area contributed by atoms with Gasteiger partial charge in [0.05, 0.1) is 0 Å². The number of aryl methyl sites for hydroxylation is 1. The summed E-state index contributed by atoms with van der Waals surface area (Å²) < 4.78 is 2.16. The lowest BCUT2D eigenvalue weighted by Gasteiger charge is -2.34. The standard InChI is InChI=1S/C27H29Cl2N5O/c1-17-5-2-8-20(15-17)26-31-25-23(34(26)16-18-10-12-21(28)13-11-18)24(32-27(29)33-25)30-22(9-4-14-35)19-6-3-7-19/h2,5,8,10-13,15,19,22,35H,3-4,6-7,9,14,16H2,1H3,(H,30,32,33)/t22-/m1/s1. The predicted molar refractivity (Wildman–Crippen MR) is 142 cm³/mol. The Morgan fingerprint density at radius 2 is 1.89 bits per heavy atom. The maximum Gasteiger partial charge on any atom is 0.226 e. The van der Waals surface area contributed by atoms with Gasteiger partial charge in [0.1, 0.15) is 11.3 Å². The molecule has 1 fully saturated rings. The van der Waals surface area contributed by atoms with E-state index < -0.39 is 0 Å². The van der Waals surface area contributed by atoms with E-state index in [1.807, 2.05) is 30.3 Å². The Morgan fingerprint density at radius 3 is 2.57 bits per heavy atom. The van der Waals surface area contributed by atoms with Gasteiger partial charge in [0, 0.05) is 29.8 Å². The summed E-state index contributed by atoms with van der Waals surface area (Å²) in [6, 6.07) is 16.4. The van der Waals surface area contributed by atoms with Crippen LogP contribution in [0.25, 0.3) is 22.6 Å². The van der Waals surface area contributed by atoms with Crippen LogP contribution in [0.3, 0.4) is 0 Å². The van der Waals surface area contributed by atoms with Crippen LogP contribution in [0.1, 0.15) is 43.2 Å². The molecule has 2 N–H and O–H groups in total. The number of benzene rings is 2. The van der Waals surface area contributed by atoms with Crippen molar-refractivity contribution in [2.75, 3.05) is 11.9 Å². The number of nitrogens with one attached hydrogen (secondary N) is 1. The van der Waals surface area contributed by atoms with E-state index in [1.165, 1.54) is 19.3 Å². The van der Waals surface area contributed by atoms with Gasteiger partial charge in [0.15, 0.2) is 11.5 Å². The molecule has 1 atom stereocenters. The molecule has 1 aliphatic carbocycles. The fourth-order valence-corrected chi connectivity index (χ4v) is 5.09. The Bertz CT molecular complexity index is 1320. The summed E-state index contributed by atoms with van der Waals surface area (Å²) in [6.45, 7) is 2.84. The van der Waals surface area contributed by atoms with Crippen LogP contribution in [-0.2, 0) is 6.54 Å². The number of rotatable bonds is 9. The third kappa shape index (κ3) is 5.30. The van der Waals surface area contributed by atoms with Crippen molar-refractivity contribution in [2.45, 2.75) is 51.6 Å². The first-order valence-electron chi connectivity index (χ1n) is 12.1. The van der Waals surface area contributed by atoms with Crippen LogP contribution in [0.4, 0.5) is 5.82 Å². The fourth-order valence-electron chi connectivity index (χ4n) is 4.80. The van der Waals surface area contributed by atoms with E-state index in [-0.39, 0.29) is 17.9 Å². The summed E-state index contributed by atoms with van der Waals surface area (Å²) in [6.07, 6.45) is 5.23. The number of imidazole rings is 1. The molecule has 6 nitrogen and oxygen atoms in total. The van der Waals surface area contributed by atoms with E-state index in [4.69, 9.17) is 28.2 Å².